The highest BCUT2D eigenvalue weighted by Crippen LogP contribution is 2.41. The molecule has 3 fully saturated rings. The average molecular weight is 281 g/mol. The highest BCUT2D eigenvalue weighted by Gasteiger charge is 2.51. The Bertz CT molecular complexity index is 360. The summed E-state index contributed by atoms with van der Waals surface area (Å²) in [4.78, 5) is 14.6. The molecule has 3 N–H and O–H groups in total. The third kappa shape index (κ3) is 2.71. The number of rotatable bonds is 7. The lowest BCUT2D eigenvalue weighted by Crippen LogP contribution is -2.64. The molecule has 5 heteroatoms. The molecule has 2 bridgehead atoms. The van der Waals surface area contributed by atoms with Crippen molar-refractivity contribution in [1.82, 2.24) is 10.2 Å². The lowest BCUT2D eigenvalue weighted by atomic mass is 9.90. The fourth-order valence-electron chi connectivity index (χ4n) is 3.80. The SMILES string of the molecule is CCCNC(CN1CC2CCC(C1)O2)(C(N)=O)C1CC1. The molecular formula is C15H27N3O2. The first-order chi connectivity index (χ1) is 9.64. The number of carbonyl (C=O) groups excluding carboxylic acids is 1. The van der Waals surface area contributed by atoms with Crippen LogP contribution in [0.15, 0.2) is 0 Å². The van der Waals surface area contributed by atoms with E-state index in [1.165, 1.54) is 0 Å². The molecule has 3 aliphatic rings. The molecule has 0 aromatic rings. The molecule has 2 saturated heterocycles. The van der Waals surface area contributed by atoms with E-state index in [0.717, 1.165) is 58.3 Å². The van der Waals surface area contributed by atoms with Crippen LogP contribution in [0, 0.1) is 5.92 Å². The number of hydrogen-bond donors (Lipinski definition) is 2. The fourth-order valence-corrected chi connectivity index (χ4v) is 3.80. The van der Waals surface area contributed by atoms with Crippen molar-refractivity contribution in [2.45, 2.75) is 56.8 Å². The van der Waals surface area contributed by atoms with E-state index in [-0.39, 0.29) is 5.91 Å². The van der Waals surface area contributed by atoms with Gasteiger partial charge in [-0.3, -0.25) is 9.69 Å². The predicted molar refractivity (Wildman–Crippen MR) is 77.3 cm³/mol. The van der Waals surface area contributed by atoms with Gasteiger partial charge in [0.05, 0.1) is 12.2 Å². The first-order valence-electron chi connectivity index (χ1n) is 8.07. The van der Waals surface area contributed by atoms with Crippen LogP contribution in [0.5, 0.6) is 0 Å². The zero-order chi connectivity index (χ0) is 14.2. The summed E-state index contributed by atoms with van der Waals surface area (Å²) >= 11 is 0. The van der Waals surface area contributed by atoms with Crippen LogP contribution in [0.4, 0.5) is 0 Å². The number of nitrogens with zero attached hydrogens (tertiary/aromatic N) is 1. The number of morpholine rings is 1. The van der Waals surface area contributed by atoms with Crippen molar-refractivity contribution < 1.29 is 9.53 Å². The van der Waals surface area contributed by atoms with Crippen LogP contribution in [0.25, 0.3) is 0 Å². The molecule has 2 heterocycles. The van der Waals surface area contributed by atoms with Gasteiger partial charge < -0.3 is 15.8 Å². The summed E-state index contributed by atoms with van der Waals surface area (Å²) in [6.07, 6.45) is 6.33. The van der Waals surface area contributed by atoms with Crippen LogP contribution in [0.3, 0.4) is 0 Å². The molecule has 3 atom stereocenters. The summed E-state index contributed by atoms with van der Waals surface area (Å²) in [7, 11) is 0. The number of carbonyl (C=O) groups is 1. The minimum atomic E-state index is -0.521. The van der Waals surface area contributed by atoms with E-state index in [1.54, 1.807) is 0 Å². The summed E-state index contributed by atoms with van der Waals surface area (Å²) in [6, 6.07) is 0. The maximum absolute atomic E-state index is 12.2. The molecule has 1 aliphatic carbocycles. The summed E-state index contributed by atoms with van der Waals surface area (Å²) in [5.74, 6) is 0.249. The van der Waals surface area contributed by atoms with Gasteiger partial charge >= 0.3 is 0 Å². The van der Waals surface area contributed by atoms with Crippen molar-refractivity contribution >= 4 is 5.91 Å². The standard InChI is InChI=1S/C15H27N3O2/c1-2-7-17-15(14(16)19,11-3-4-11)10-18-8-12-5-6-13(9-18)20-12/h11-13,17H,2-10H2,1H3,(H2,16,19). The van der Waals surface area contributed by atoms with Gasteiger partial charge in [-0.1, -0.05) is 6.92 Å². The first kappa shape index (κ1) is 14.3. The Morgan fingerprint density at radius 3 is 2.45 bits per heavy atom. The van der Waals surface area contributed by atoms with Crippen LogP contribution in [-0.4, -0.2) is 54.7 Å². The summed E-state index contributed by atoms with van der Waals surface area (Å²) in [5.41, 5.74) is 5.28. The number of fused-ring (bicyclic) bond motifs is 2. The van der Waals surface area contributed by atoms with Crippen molar-refractivity contribution in [2.75, 3.05) is 26.2 Å². The number of primary amides is 1. The predicted octanol–water partition coefficient (Wildman–Crippen LogP) is 0.483. The molecule has 20 heavy (non-hydrogen) atoms. The Labute approximate surface area is 121 Å². The number of nitrogens with one attached hydrogen (secondary N) is 1. The Balaban J connectivity index is 1.70. The largest absolute Gasteiger partial charge is 0.372 e. The molecule has 0 aromatic carbocycles. The second-order valence-corrected chi connectivity index (χ2v) is 6.69. The summed E-state index contributed by atoms with van der Waals surface area (Å²) in [5, 5.41) is 3.48. The highest BCUT2D eigenvalue weighted by atomic mass is 16.5. The van der Waals surface area contributed by atoms with Crippen molar-refractivity contribution in [1.29, 1.82) is 0 Å². The summed E-state index contributed by atoms with van der Waals surface area (Å²) < 4.78 is 5.88. The molecule has 2 aliphatic heterocycles. The van der Waals surface area contributed by atoms with Gasteiger partial charge in [-0.25, -0.2) is 0 Å². The smallest absolute Gasteiger partial charge is 0.239 e. The Morgan fingerprint density at radius 1 is 1.30 bits per heavy atom. The molecule has 0 spiro atoms. The molecule has 0 radical (unpaired) electrons. The van der Waals surface area contributed by atoms with Crippen molar-refractivity contribution in [3.05, 3.63) is 0 Å². The molecule has 0 aromatic heterocycles. The highest BCUT2D eigenvalue weighted by molar-refractivity contribution is 5.86. The zero-order valence-electron chi connectivity index (χ0n) is 12.4. The lowest BCUT2D eigenvalue weighted by molar-refractivity contribution is -0.127. The van der Waals surface area contributed by atoms with Gasteiger partial charge in [0.25, 0.3) is 0 Å². The van der Waals surface area contributed by atoms with Gasteiger partial charge in [0.15, 0.2) is 0 Å². The molecular weight excluding hydrogens is 254 g/mol. The van der Waals surface area contributed by atoms with E-state index >= 15 is 0 Å². The number of likely N-dealkylation sites (tertiary alicyclic amines) is 1. The molecule has 114 valence electrons. The van der Waals surface area contributed by atoms with Gasteiger partial charge in [0.1, 0.15) is 5.54 Å². The molecule has 3 rings (SSSR count). The molecule has 1 amide bonds. The van der Waals surface area contributed by atoms with E-state index in [4.69, 9.17) is 10.5 Å². The van der Waals surface area contributed by atoms with Gasteiger partial charge in [-0.15, -0.1) is 0 Å². The summed E-state index contributed by atoms with van der Waals surface area (Å²) in [6.45, 7) is 5.64. The van der Waals surface area contributed by atoms with E-state index in [2.05, 4.69) is 17.1 Å². The second kappa shape index (κ2) is 5.62. The van der Waals surface area contributed by atoms with Gasteiger partial charge in [-0.2, -0.15) is 0 Å². The van der Waals surface area contributed by atoms with Crippen LogP contribution >= 0.6 is 0 Å². The number of hydrogen-bond acceptors (Lipinski definition) is 4. The average Bonchev–Trinajstić information content (AvgIpc) is 3.21. The fraction of sp³-hybridized carbons (Fsp3) is 0.933. The first-order valence-corrected chi connectivity index (χ1v) is 8.07. The Morgan fingerprint density at radius 2 is 1.95 bits per heavy atom. The minimum Gasteiger partial charge on any atom is -0.372 e. The van der Waals surface area contributed by atoms with E-state index < -0.39 is 5.54 Å². The minimum absolute atomic E-state index is 0.174. The molecule has 5 nitrogen and oxygen atoms in total. The normalized spacial score (nSPS) is 33.0. The maximum atomic E-state index is 12.2. The second-order valence-electron chi connectivity index (χ2n) is 6.69. The number of amides is 1. The van der Waals surface area contributed by atoms with E-state index in [0.29, 0.717) is 18.1 Å². The van der Waals surface area contributed by atoms with Crippen LogP contribution in [-0.2, 0) is 9.53 Å². The Hall–Kier alpha value is -0.650. The monoisotopic (exact) mass is 281 g/mol. The molecule has 3 unspecified atom stereocenters. The van der Waals surface area contributed by atoms with Crippen LogP contribution in [0.1, 0.15) is 39.0 Å². The maximum Gasteiger partial charge on any atom is 0.239 e. The van der Waals surface area contributed by atoms with Crippen LogP contribution in [0.2, 0.25) is 0 Å². The zero-order valence-corrected chi connectivity index (χ0v) is 12.4. The third-order valence-corrected chi connectivity index (χ3v) is 5.00. The van der Waals surface area contributed by atoms with Gasteiger partial charge in [0, 0.05) is 19.6 Å². The van der Waals surface area contributed by atoms with Crippen LogP contribution < -0.4 is 11.1 Å². The van der Waals surface area contributed by atoms with Gasteiger partial charge in [0.2, 0.25) is 5.91 Å². The number of ether oxygens (including phenoxy) is 1. The number of nitrogens with two attached hydrogens (primary N) is 1. The van der Waals surface area contributed by atoms with Crippen molar-refractivity contribution in [2.24, 2.45) is 11.7 Å². The van der Waals surface area contributed by atoms with Crippen molar-refractivity contribution in [3.63, 3.8) is 0 Å². The third-order valence-electron chi connectivity index (χ3n) is 5.00. The van der Waals surface area contributed by atoms with E-state index in [1.807, 2.05) is 0 Å². The topological polar surface area (TPSA) is 67.6 Å². The molecule has 1 saturated carbocycles. The lowest BCUT2D eigenvalue weighted by Gasteiger charge is -2.40. The Kier molecular flexibility index (Phi) is 4.02. The van der Waals surface area contributed by atoms with Crippen molar-refractivity contribution in [3.8, 4) is 0 Å². The van der Waals surface area contributed by atoms with Gasteiger partial charge in [-0.05, 0) is 44.6 Å². The quantitative estimate of drug-likeness (QED) is 0.712. The van der Waals surface area contributed by atoms with E-state index in [9.17, 15) is 4.79 Å².